The Morgan fingerprint density at radius 3 is 2.38 bits per heavy atom. The molecule has 0 unspecified atom stereocenters. The van der Waals surface area contributed by atoms with Gasteiger partial charge in [0.15, 0.2) is 0 Å². The van der Waals surface area contributed by atoms with E-state index in [0.29, 0.717) is 18.7 Å². The van der Waals surface area contributed by atoms with Gasteiger partial charge in [-0.15, -0.1) is 11.8 Å². The quantitative estimate of drug-likeness (QED) is 0.804. The van der Waals surface area contributed by atoms with Gasteiger partial charge in [0.05, 0.1) is 10.9 Å². The molecule has 3 aliphatic rings. The molecule has 6 nitrogen and oxygen atoms in total. The van der Waals surface area contributed by atoms with Crippen LogP contribution in [-0.4, -0.2) is 59.0 Å². The van der Waals surface area contributed by atoms with Crippen molar-refractivity contribution in [2.75, 3.05) is 31.5 Å². The van der Waals surface area contributed by atoms with E-state index in [0.717, 1.165) is 49.4 Å². The van der Waals surface area contributed by atoms with E-state index < -0.39 is 0 Å². The number of likely N-dealkylation sites (tertiary alicyclic amines) is 2. The third kappa shape index (κ3) is 4.44. The first-order chi connectivity index (χ1) is 14.0. The average molecular weight is 416 g/mol. The second-order valence-corrected chi connectivity index (χ2v) is 9.65. The zero-order valence-electron chi connectivity index (χ0n) is 17.0. The van der Waals surface area contributed by atoms with Crippen LogP contribution in [0.25, 0.3) is 0 Å². The predicted molar refractivity (Wildman–Crippen MR) is 114 cm³/mol. The lowest BCUT2D eigenvalue weighted by Crippen LogP contribution is -2.44. The molecule has 3 aliphatic heterocycles. The molecule has 7 heteroatoms. The van der Waals surface area contributed by atoms with Crippen LogP contribution in [0.5, 0.6) is 0 Å². The number of rotatable bonds is 2. The SMILES string of the molecule is C[C@H]1Sc2ccc(C(=O)N3CCC(C(=O)N4CCCCCC4)CC3)cc2NC1=O. The van der Waals surface area contributed by atoms with Crippen molar-refractivity contribution in [3.63, 3.8) is 0 Å². The summed E-state index contributed by atoms with van der Waals surface area (Å²) >= 11 is 1.52. The van der Waals surface area contributed by atoms with Crippen LogP contribution in [-0.2, 0) is 9.59 Å². The number of hydrogen-bond donors (Lipinski definition) is 1. The lowest BCUT2D eigenvalue weighted by atomic mass is 9.94. The molecule has 3 amide bonds. The Kier molecular flexibility index (Phi) is 6.13. The van der Waals surface area contributed by atoms with E-state index in [-0.39, 0.29) is 28.9 Å². The van der Waals surface area contributed by atoms with Gasteiger partial charge in [0.2, 0.25) is 11.8 Å². The molecular formula is C22H29N3O3S. The predicted octanol–water partition coefficient (Wildman–Crippen LogP) is 3.37. The molecule has 4 rings (SSSR count). The molecule has 156 valence electrons. The summed E-state index contributed by atoms with van der Waals surface area (Å²) < 4.78 is 0. The molecule has 2 saturated heterocycles. The maximum atomic E-state index is 13.0. The second kappa shape index (κ2) is 8.78. The van der Waals surface area contributed by atoms with Crippen LogP contribution in [0.15, 0.2) is 23.1 Å². The highest BCUT2D eigenvalue weighted by Gasteiger charge is 2.31. The third-order valence-corrected chi connectivity index (χ3v) is 7.38. The summed E-state index contributed by atoms with van der Waals surface area (Å²) in [6.07, 6.45) is 6.11. The number of nitrogens with zero attached hydrogens (tertiary/aromatic N) is 2. The molecule has 0 radical (unpaired) electrons. The van der Waals surface area contributed by atoms with E-state index in [1.165, 1.54) is 24.6 Å². The normalized spacial score (nSPS) is 23.2. The van der Waals surface area contributed by atoms with Crippen molar-refractivity contribution in [1.29, 1.82) is 0 Å². The molecule has 29 heavy (non-hydrogen) atoms. The van der Waals surface area contributed by atoms with E-state index >= 15 is 0 Å². The van der Waals surface area contributed by atoms with Gasteiger partial charge < -0.3 is 15.1 Å². The van der Waals surface area contributed by atoms with Crippen LogP contribution in [0, 0.1) is 5.92 Å². The van der Waals surface area contributed by atoms with Crippen molar-refractivity contribution in [2.45, 2.75) is 55.6 Å². The first kappa shape index (κ1) is 20.3. The van der Waals surface area contributed by atoms with Gasteiger partial charge in [0.1, 0.15) is 0 Å². The molecule has 1 aromatic carbocycles. The molecule has 1 aromatic rings. The summed E-state index contributed by atoms with van der Waals surface area (Å²) in [7, 11) is 0. The number of carbonyl (C=O) groups excluding carboxylic acids is 3. The lowest BCUT2D eigenvalue weighted by Gasteiger charge is -2.34. The number of thioether (sulfide) groups is 1. The summed E-state index contributed by atoms with van der Waals surface area (Å²) in [5, 5.41) is 2.77. The first-order valence-electron chi connectivity index (χ1n) is 10.7. The van der Waals surface area contributed by atoms with Gasteiger partial charge in [0, 0.05) is 42.6 Å². The largest absolute Gasteiger partial charge is 0.342 e. The number of fused-ring (bicyclic) bond motifs is 1. The minimum absolute atomic E-state index is 0.0219. The van der Waals surface area contributed by atoms with Gasteiger partial charge >= 0.3 is 0 Å². The number of hydrogen-bond acceptors (Lipinski definition) is 4. The average Bonchev–Trinajstić information content (AvgIpc) is 3.03. The maximum absolute atomic E-state index is 13.0. The van der Waals surface area contributed by atoms with Crippen LogP contribution in [0.1, 0.15) is 55.8 Å². The second-order valence-electron chi connectivity index (χ2n) is 8.27. The highest BCUT2D eigenvalue weighted by Crippen LogP contribution is 2.36. The molecule has 0 aliphatic carbocycles. The van der Waals surface area contributed by atoms with Crippen LogP contribution >= 0.6 is 11.8 Å². The highest BCUT2D eigenvalue weighted by molar-refractivity contribution is 8.00. The van der Waals surface area contributed by atoms with E-state index in [2.05, 4.69) is 5.32 Å². The topological polar surface area (TPSA) is 69.7 Å². The van der Waals surface area contributed by atoms with Crippen molar-refractivity contribution in [3.05, 3.63) is 23.8 Å². The minimum atomic E-state index is -0.121. The zero-order chi connectivity index (χ0) is 20.4. The van der Waals surface area contributed by atoms with Crippen molar-refractivity contribution >= 4 is 35.2 Å². The molecule has 0 spiro atoms. The number of amides is 3. The Morgan fingerprint density at radius 2 is 1.69 bits per heavy atom. The Hall–Kier alpha value is -2.02. The summed E-state index contributed by atoms with van der Waals surface area (Å²) in [4.78, 5) is 42.6. The monoisotopic (exact) mass is 415 g/mol. The zero-order valence-corrected chi connectivity index (χ0v) is 17.8. The van der Waals surface area contributed by atoms with Crippen LogP contribution in [0.2, 0.25) is 0 Å². The maximum Gasteiger partial charge on any atom is 0.253 e. The summed E-state index contributed by atoms with van der Waals surface area (Å²) in [5.41, 5.74) is 1.31. The van der Waals surface area contributed by atoms with Crippen molar-refractivity contribution in [2.24, 2.45) is 5.92 Å². The molecule has 0 bridgehead atoms. The van der Waals surface area contributed by atoms with Crippen LogP contribution < -0.4 is 5.32 Å². The summed E-state index contributed by atoms with van der Waals surface area (Å²) in [6.45, 7) is 4.86. The number of nitrogens with one attached hydrogen (secondary N) is 1. The van der Waals surface area contributed by atoms with Gasteiger partial charge in [-0.25, -0.2) is 0 Å². The summed E-state index contributed by atoms with van der Waals surface area (Å²) in [6, 6.07) is 5.54. The van der Waals surface area contributed by atoms with Crippen LogP contribution in [0.4, 0.5) is 5.69 Å². The van der Waals surface area contributed by atoms with Crippen molar-refractivity contribution in [1.82, 2.24) is 9.80 Å². The van der Waals surface area contributed by atoms with Crippen LogP contribution in [0.3, 0.4) is 0 Å². The lowest BCUT2D eigenvalue weighted by molar-refractivity contribution is -0.136. The molecule has 3 heterocycles. The fourth-order valence-corrected chi connectivity index (χ4v) is 5.33. The Morgan fingerprint density at radius 1 is 1.00 bits per heavy atom. The minimum Gasteiger partial charge on any atom is -0.342 e. The standard InChI is InChI=1S/C22H29N3O3S/c1-15-20(26)23-18-14-17(6-7-19(18)29-15)22(28)25-12-8-16(9-13-25)21(27)24-10-4-2-3-5-11-24/h6-7,14-16H,2-5,8-13H2,1H3,(H,23,26)/t15-/m1/s1. The van der Waals surface area contributed by atoms with Gasteiger partial charge in [0.25, 0.3) is 5.91 Å². The van der Waals surface area contributed by atoms with Gasteiger partial charge in [-0.3, -0.25) is 14.4 Å². The van der Waals surface area contributed by atoms with Crippen molar-refractivity contribution in [3.8, 4) is 0 Å². The highest BCUT2D eigenvalue weighted by atomic mass is 32.2. The molecule has 1 atom stereocenters. The number of piperidine rings is 1. The Balaban J connectivity index is 1.36. The van der Waals surface area contributed by atoms with Crippen molar-refractivity contribution < 1.29 is 14.4 Å². The fraction of sp³-hybridized carbons (Fsp3) is 0.591. The fourth-order valence-electron chi connectivity index (χ4n) is 4.40. The smallest absolute Gasteiger partial charge is 0.253 e. The summed E-state index contributed by atoms with van der Waals surface area (Å²) in [5.74, 6) is 0.269. The van der Waals surface area contributed by atoms with Gasteiger partial charge in [-0.2, -0.15) is 0 Å². The Bertz CT molecular complexity index is 796. The number of anilines is 1. The number of benzene rings is 1. The van der Waals surface area contributed by atoms with Gasteiger partial charge in [-0.1, -0.05) is 12.8 Å². The van der Waals surface area contributed by atoms with Gasteiger partial charge in [-0.05, 0) is 50.8 Å². The van der Waals surface area contributed by atoms with E-state index in [1.807, 2.05) is 28.9 Å². The first-order valence-corrected chi connectivity index (χ1v) is 11.6. The molecule has 0 saturated carbocycles. The van der Waals surface area contributed by atoms with E-state index in [4.69, 9.17) is 0 Å². The molecular weight excluding hydrogens is 386 g/mol. The van der Waals surface area contributed by atoms with E-state index in [9.17, 15) is 14.4 Å². The molecule has 0 aromatic heterocycles. The third-order valence-electron chi connectivity index (χ3n) is 6.21. The molecule has 2 fully saturated rings. The number of carbonyl (C=O) groups is 3. The van der Waals surface area contributed by atoms with E-state index in [1.54, 1.807) is 6.07 Å². The Labute approximate surface area is 176 Å². The molecule has 1 N–H and O–H groups in total.